The maximum absolute atomic E-state index is 10.6. The van der Waals surface area contributed by atoms with Crippen molar-refractivity contribution in [3.8, 4) is 0 Å². The molecule has 0 spiro atoms. The lowest BCUT2D eigenvalue weighted by atomic mass is 10.3. The third-order valence-corrected chi connectivity index (χ3v) is 1.98. The number of nitrogens with one attached hydrogen (secondary N) is 2. The highest BCUT2D eigenvalue weighted by Crippen LogP contribution is 2.09. The predicted molar refractivity (Wildman–Crippen MR) is 62.9 cm³/mol. The first-order chi connectivity index (χ1) is 7.99. The van der Waals surface area contributed by atoms with Gasteiger partial charge in [0.2, 0.25) is 0 Å². The van der Waals surface area contributed by atoms with E-state index < -0.39 is 18.1 Å². The molecule has 0 amide bonds. The van der Waals surface area contributed by atoms with Gasteiger partial charge in [-0.1, -0.05) is 0 Å². The van der Waals surface area contributed by atoms with Crippen molar-refractivity contribution >= 4 is 17.6 Å². The van der Waals surface area contributed by atoms with Gasteiger partial charge in [0.1, 0.15) is 24.0 Å². The summed E-state index contributed by atoms with van der Waals surface area (Å²) in [6.07, 6.45) is 0.834. The summed E-state index contributed by atoms with van der Waals surface area (Å²) in [5, 5.41) is 23.5. The molecule has 1 unspecified atom stereocenters. The number of carboxylic acid groups (broad SMARTS) is 1. The lowest BCUT2D eigenvalue weighted by Crippen LogP contribution is -2.26. The van der Waals surface area contributed by atoms with Gasteiger partial charge in [-0.05, 0) is 13.8 Å². The molecule has 2 atom stereocenters. The molecule has 94 valence electrons. The van der Waals surface area contributed by atoms with Crippen LogP contribution < -0.4 is 10.6 Å². The second-order valence-corrected chi connectivity index (χ2v) is 3.72. The number of nitrogens with zero attached hydrogens (tertiary/aromatic N) is 2. The fourth-order valence-corrected chi connectivity index (χ4v) is 1.07. The van der Waals surface area contributed by atoms with Gasteiger partial charge in [0, 0.05) is 12.6 Å². The van der Waals surface area contributed by atoms with E-state index in [-0.39, 0.29) is 0 Å². The Hall–Kier alpha value is -1.89. The minimum Gasteiger partial charge on any atom is -0.480 e. The summed E-state index contributed by atoms with van der Waals surface area (Å²) < 4.78 is 0. The molecular weight excluding hydrogens is 224 g/mol. The van der Waals surface area contributed by atoms with Crippen LogP contribution in [-0.4, -0.2) is 44.8 Å². The second-order valence-electron chi connectivity index (χ2n) is 3.72. The van der Waals surface area contributed by atoms with Crippen molar-refractivity contribution in [3.05, 3.63) is 12.4 Å². The summed E-state index contributed by atoms with van der Waals surface area (Å²) in [6.45, 7) is 3.54. The molecule has 1 rings (SSSR count). The Morgan fingerprint density at radius 1 is 1.41 bits per heavy atom. The number of carbonyl (C=O) groups is 1. The molecule has 1 heterocycles. The van der Waals surface area contributed by atoms with E-state index in [9.17, 15) is 4.79 Å². The summed E-state index contributed by atoms with van der Waals surface area (Å²) in [7, 11) is 0. The fourth-order valence-electron chi connectivity index (χ4n) is 1.07. The highest BCUT2D eigenvalue weighted by atomic mass is 16.4. The Kier molecular flexibility index (Phi) is 4.65. The Morgan fingerprint density at radius 2 is 2.06 bits per heavy atom. The standard InChI is InChI=1S/C10H16N4O3/c1-6(15)4-11-8-3-9(13-5-12-8)14-7(2)10(16)17/h3,5-7,15H,4H2,1-2H3,(H,16,17)(H2,11,12,13,14)/t6?,7-/m0/s1. The van der Waals surface area contributed by atoms with Gasteiger partial charge in [0.25, 0.3) is 0 Å². The number of anilines is 2. The molecule has 7 nitrogen and oxygen atoms in total. The van der Waals surface area contributed by atoms with Gasteiger partial charge >= 0.3 is 5.97 Å². The molecule has 0 aliphatic heterocycles. The van der Waals surface area contributed by atoms with Crippen LogP contribution in [-0.2, 0) is 4.79 Å². The van der Waals surface area contributed by atoms with Crippen molar-refractivity contribution in [2.24, 2.45) is 0 Å². The van der Waals surface area contributed by atoms with Gasteiger partial charge in [-0.15, -0.1) is 0 Å². The van der Waals surface area contributed by atoms with E-state index in [0.717, 1.165) is 0 Å². The van der Waals surface area contributed by atoms with Crippen LogP contribution >= 0.6 is 0 Å². The molecule has 17 heavy (non-hydrogen) atoms. The van der Waals surface area contributed by atoms with Crippen LogP contribution in [0.3, 0.4) is 0 Å². The van der Waals surface area contributed by atoms with Gasteiger partial charge in [-0.25, -0.2) is 9.97 Å². The van der Waals surface area contributed by atoms with Crippen molar-refractivity contribution in [1.29, 1.82) is 0 Å². The first kappa shape index (κ1) is 13.2. The molecule has 1 aromatic heterocycles. The molecule has 0 bridgehead atoms. The normalized spacial score (nSPS) is 13.8. The van der Waals surface area contributed by atoms with Crippen LogP contribution in [0.4, 0.5) is 11.6 Å². The molecule has 4 N–H and O–H groups in total. The number of aromatic nitrogens is 2. The summed E-state index contributed by atoms with van der Waals surface area (Å²) in [6, 6.07) is 0.858. The average Bonchev–Trinajstić information content (AvgIpc) is 2.26. The van der Waals surface area contributed by atoms with Crippen molar-refractivity contribution in [1.82, 2.24) is 9.97 Å². The first-order valence-electron chi connectivity index (χ1n) is 5.22. The van der Waals surface area contributed by atoms with Crippen LogP contribution in [0.5, 0.6) is 0 Å². The van der Waals surface area contributed by atoms with Crippen LogP contribution in [0.25, 0.3) is 0 Å². The monoisotopic (exact) mass is 240 g/mol. The van der Waals surface area contributed by atoms with Crippen LogP contribution in [0.2, 0.25) is 0 Å². The van der Waals surface area contributed by atoms with E-state index in [1.54, 1.807) is 13.0 Å². The molecular formula is C10H16N4O3. The third kappa shape index (κ3) is 4.64. The van der Waals surface area contributed by atoms with E-state index in [2.05, 4.69) is 20.6 Å². The lowest BCUT2D eigenvalue weighted by Gasteiger charge is -2.11. The number of rotatable bonds is 6. The highest BCUT2D eigenvalue weighted by molar-refractivity contribution is 5.76. The van der Waals surface area contributed by atoms with E-state index in [1.165, 1.54) is 13.3 Å². The molecule has 0 saturated carbocycles. The van der Waals surface area contributed by atoms with Crippen molar-refractivity contribution in [2.45, 2.75) is 26.0 Å². The molecule has 0 aliphatic carbocycles. The largest absolute Gasteiger partial charge is 0.480 e. The van der Waals surface area contributed by atoms with Crippen molar-refractivity contribution in [2.75, 3.05) is 17.2 Å². The summed E-state index contributed by atoms with van der Waals surface area (Å²) >= 11 is 0. The zero-order chi connectivity index (χ0) is 12.8. The zero-order valence-corrected chi connectivity index (χ0v) is 9.71. The Morgan fingerprint density at radius 3 is 2.65 bits per heavy atom. The number of hydrogen-bond donors (Lipinski definition) is 4. The molecule has 0 fully saturated rings. The predicted octanol–water partition coefficient (Wildman–Crippen LogP) is 0.154. The van der Waals surface area contributed by atoms with E-state index in [4.69, 9.17) is 10.2 Å². The lowest BCUT2D eigenvalue weighted by molar-refractivity contribution is -0.137. The van der Waals surface area contributed by atoms with Crippen molar-refractivity contribution in [3.63, 3.8) is 0 Å². The van der Waals surface area contributed by atoms with Crippen LogP contribution in [0.15, 0.2) is 12.4 Å². The Labute approximate surface area is 98.9 Å². The number of carboxylic acids is 1. The van der Waals surface area contributed by atoms with Gasteiger partial charge in [0.05, 0.1) is 6.10 Å². The fraction of sp³-hybridized carbons (Fsp3) is 0.500. The molecule has 0 aromatic carbocycles. The third-order valence-electron chi connectivity index (χ3n) is 1.98. The first-order valence-corrected chi connectivity index (χ1v) is 5.22. The van der Waals surface area contributed by atoms with E-state index in [1.807, 2.05) is 0 Å². The van der Waals surface area contributed by atoms with Crippen LogP contribution in [0.1, 0.15) is 13.8 Å². The van der Waals surface area contributed by atoms with Crippen molar-refractivity contribution < 1.29 is 15.0 Å². The molecule has 1 aromatic rings. The highest BCUT2D eigenvalue weighted by Gasteiger charge is 2.11. The Bertz CT molecular complexity index is 384. The average molecular weight is 240 g/mol. The molecule has 7 heteroatoms. The maximum Gasteiger partial charge on any atom is 0.325 e. The minimum absolute atomic E-state index is 0.366. The number of aliphatic hydroxyl groups is 1. The van der Waals surface area contributed by atoms with Gasteiger partial charge in [-0.3, -0.25) is 4.79 Å². The van der Waals surface area contributed by atoms with Crippen LogP contribution in [0, 0.1) is 0 Å². The summed E-state index contributed by atoms with van der Waals surface area (Å²) in [5.41, 5.74) is 0. The summed E-state index contributed by atoms with van der Waals surface area (Å²) in [4.78, 5) is 18.5. The molecule has 0 aliphatic rings. The molecule has 0 saturated heterocycles. The quantitative estimate of drug-likeness (QED) is 0.560. The zero-order valence-electron chi connectivity index (χ0n) is 9.71. The topological polar surface area (TPSA) is 107 Å². The van der Waals surface area contributed by atoms with Gasteiger partial charge < -0.3 is 20.8 Å². The Balaban J connectivity index is 2.62. The number of aliphatic hydroxyl groups excluding tert-OH is 1. The smallest absolute Gasteiger partial charge is 0.325 e. The number of hydrogen-bond acceptors (Lipinski definition) is 6. The van der Waals surface area contributed by atoms with Gasteiger partial charge in [0.15, 0.2) is 0 Å². The maximum atomic E-state index is 10.6. The van der Waals surface area contributed by atoms with Gasteiger partial charge in [-0.2, -0.15) is 0 Å². The SMILES string of the molecule is CC(O)CNc1cc(N[C@@H](C)C(=O)O)ncn1. The minimum atomic E-state index is -0.956. The van der Waals surface area contributed by atoms with E-state index in [0.29, 0.717) is 18.2 Å². The second kappa shape index (κ2) is 6.00. The van der Waals surface area contributed by atoms with E-state index >= 15 is 0 Å². The molecule has 0 radical (unpaired) electrons. The number of aliphatic carboxylic acids is 1. The summed E-state index contributed by atoms with van der Waals surface area (Å²) in [5.74, 6) is -0.00826.